The molecular formula is C106H103BN4S2. The smallest absolute Gasteiger partial charge is 0.252 e. The fourth-order valence-electron chi connectivity index (χ4n) is 18.6. The van der Waals surface area contributed by atoms with E-state index in [-0.39, 0.29) is 44.6 Å². The molecular weight excluding hydrogens is 1400 g/mol. The van der Waals surface area contributed by atoms with Crippen molar-refractivity contribution in [3.05, 3.63) is 282 Å². The van der Waals surface area contributed by atoms with E-state index in [4.69, 9.17) is 0 Å². The first-order valence-electron chi connectivity index (χ1n) is 40.8. The van der Waals surface area contributed by atoms with Gasteiger partial charge in [0.2, 0.25) is 0 Å². The minimum absolute atomic E-state index is 0.0598. The number of benzene rings is 13. The summed E-state index contributed by atoms with van der Waals surface area (Å²) >= 11 is 3.91. The van der Waals surface area contributed by atoms with E-state index in [1.165, 1.54) is 196 Å². The summed E-state index contributed by atoms with van der Waals surface area (Å²) in [6.45, 7) is 49.7. The van der Waals surface area contributed by atoms with Crippen LogP contribution in [0.15, 0.2) is 243 Å². The largest absolute Gasteiger partial charge is 0.310 e. The van der Waals surface area contributed by atoms with Gasteiger partial charge < -0.3 is 18.9 Å². The molecule has 4 aromatic heterocycles. The first-order valence-corrected chi connectivity index (χ1v) is 42.5. The van der Waals surface area contributed by atoms with Crippen molar-refractivity contribution in [2.45, 2.75) is 183 Å². The normalized spacial score (nSPS) is 13.8. The topological polar surface area (TPSA) is 16.3 Å². The molecule has 0 saturated carbocycles. The fraction of sp³-hybridized carbons (Fsp3) is 0.264. The summed E-state index contributed by atoms with van der Waals surface area (Å²) in [6, 6.07) is 96.2. The van der Waals surface area contributed by atoms with Crippen LogP contribution in [0.4, 0.5) is 34.1 Å². The van der Waals surface area contributed by atoms with E-state index < -0.39 is 0 Å². The molecule has 0 saturated heterocycles. The molecule has 7 heteroatoms. The Bertz CT molecular complexity index is 6300. The molecule has 113 heavy (non-hydrogen) atoms. The Balaban J connectivity index is 1.01. The van der Waals surface area contributed by atoms with Crippen LogP contribution < -0.4 is 26.2 Å². The molecule has 6 heterocycles. The Morgan fingerprint density at radius 1 is 0.265 bits per heavy atom. The highest BCUT2D eigenvalue weighted by atomic mass is 32.1. The van der Waals surface area contributed by atoms with Crippen LogP contribution in [0.3, 0.4) is 0 Å². The maximum atomic E-state index is 2.81. The lowest BCUT2D eigenvalue weighted by Gasteiger charge is -2.46. The van der Waals surface area contributed by atoms with Gasteiger partial charge in [0.05, 0.1) is 33.4 Å². The Morgan fingerprint density at radius 2 is 0.584 bits per heavy atom. The van der Waals surface area contributed by atoms with Crippen molar-refractivity contribution < 1.29 is 0 Å². The van der Waals surface area contributed by atoms with Gasteiger partial charge in [-0.05, 0) is 214 Å². The van der Waals surface area contributed by atoms with E-state index in [1.807, 2.05) is 22.7 Å². The molecule has 0 aliphatic carbocycles. The average molecular weight is 1510 g/mol. The third-order valence-corrected chi connectivity index (χ3v) is 27.3. The molecule has 0 bridgehead atoms. The number of thiophene rings is 2. The number of fused-ring (bicyclic) bond motifs is 16. The maximum absolute atomic E-state index is 2.81. The summed E-state index contributed by atoms with van der Waals surface area (Å²) in [5, 5.41) is 10.2. The van der Waals surface area contributed by atoms with Crippen LogP contribution >= 0.6 is 22.7 Å². The van der Waals surface area contributed by atoms with E-state index in [2.05, 4.69) is 407 Å². The molecule has 13 aromatic carbocycles. The summed E-state index contributed by atoms with van der Waals surface area (Å²) < 4.78 is 10.4. The summed E-state index contributed by atoms with van der Waals surface area (Å²) in [5.41, 5.74) is 31.0. The Kier molecular flexibility index (Phi) is 16.1. The van der Waals surface area contributed by atoms with E-state index in [0.29, 0.717) is 0 Å². The number of hydrogen-bond donors (Lipinski definition) is 0. The van der Waals surface area contributed by atoms with Gasteiger partial charge in [-0.1, -0.05) is 279 Å². The lowest BCUT2D eigenvalue weighted by atomic mass is 9.33. The molecule has 0 radical (unpaired) electrons. The molecule has 4 nitrogen and oxygen atoms in total. The standard InChI is InChI=1S/C106H103BN4S2/c1-100(2,3)64-40-48-83-75(52-64)76-53-65(101(4,5)6)41-49-84(76)108(83)69-44-46-81-87(58-69)110(96-73(62-32-24-22-25-33-62)60-79(105(16,17)18)98-93(96)71-36-28-30-38-91(71)112-98)89-56-68(104(13,14)15)57-90-95(89)107(81)82-47-45-70(109-85-50-42-66(102(7,8)9)54-77(85)78-55-67(103(10,11)12)43-51-86(78)109)59-88(82)111(90)97-74(63-34-26-23-27-35-63)61-80(106(19,20)21)99-94(97)72-37-29-31-39-92(72)113-99/h22-61H,1-21H3. The lowest BCUT2D eigenvalue weighted by Crippen LogP contribution is -2.61. The molecule has 0 atom stereocenters. The highest BCUT2D eigenvalue weighted by Crippen LogP contribution is 2.59. The molecule has 562 valence electrons. The first kappa shape index (κ1) is 72.8. The molecule has 0 N–H and O–H groups in total. The van der Waals surface area contributed by atoms with Gasteiger partial charge in [0, 0.05) is 107 Å². The van der Waals surface area contributed by atoms with E-state index in [1.54, 1.807) is 0 Å². The highest BCUT2D eigenvalue weighted by Gasteiger charge is 2.47. The third-order valence-electron chi connectivity index (χ3n) is 24.9. The van der Waals surface area contributed by atoms with Gasteiger partial charge in [0.25, 0.3) is 6.71 Å². The SMILES string of the molecule is CC(C)(C)c1cc2c3c(c1)N(c1c(-c4ccccc4)cc(C(C)(C)C)c4sc5ccccc5c14)c1cc(-n4c5ccc(C(C)(C)C)cc5c5cc(C(C)(C)C)ccc54)ccc1B3c1ccc(-n3c4ccc(C(C)(C)C)cc4c4cc(C(C)(C)C)ccc43)cc1N2c1c(-c2ccccc2)cc(C(C)(C)C)c2sc3ccccc3c12. The zero-order chi connectivity index (χ0) is 79.0. The second-order valence-corrected chi connectivity index (χ2v) is 41.9. The predicted octanol–water partition coefficient (Wildman–Crippen LogP) is 29.1. The Labute approximate surface area is 676 Å². The number of rotatable bonds is 6. The van der Waals surface area contributed by atoms with Crippen molar-refractivity contribution in [2.24, 2.45) is 0 Å². The lowest BCUT2D eigenvalue weighted by molar-refractivity contribution is 0.590. The van der Waals surface area contributed by atoms with Crippen molar-refractivity contribution >= 4 is 164 Å². The average Bonchev–Trinajstić information content (AvgIpc) is 1.58. The molecule has 0 fully saturated rings. The zero-order valence-electron chi connectivity index (χ0n) is 69.8. The molecule has 0 amide bonds. The summed E-state index contributed by atoms with van der Waals surface area (Å²) in [5.74, 6) is 0. The monoisotopic (exact) mass is 1510 g/mol. The molecule has 0 spiro atoms. The van der Waals surface area contributed by atoms with Crippen molar-refractivity contribution in [3.63, 3.8) is 0 Å². The minimum atomic E-state index is -0.338. The van der Waals surface area contributed by atoms with Crippen LogP contribution in [0.25, 0.3) is 118 Å². The van der Waals surface area contributed by atoms with Gasteiger partial charge in [-0.3, -0.25) is 0 Å². The zero-order valence-corrected chi connectivity index (χ0v) is 71.4. The van der Waals surface area contributed by atoms with Gasteiger partial charge in [-0.25, -0.2) is 0 Å². The molecule has 2 aliphatic rings. The van der Waals surface area contributed by atoms with Gasteiger partial charge in [0.15, 0.2) is 0 Å². The predicted molar refractivity (Wildman–Crippen MR) is 497 cm³/mol. The summed E-state index contributed by atoms with van der Waals surface area (Å²) in [6.07, 6.45) is 0. The maximum Gasteiger partial charge on any atom is 0.252 e. The molecule has 2 aliphatic heterocycles. The van der Waals surface area contributed by atoms with Gasteiger partial charge in [-0.15, -0.1) is 22.7 Å². The van der Waals surface area contributed by atoms with Crippen LogP contribution in [0, 0.1) is 0 Å². The summed E-state index contributed by atoms with van der Waals surface area (Å²) in [7, 11) is 0. The second-order valence-electron chi connectivity index (χ2n) is 39.8. The number of hydrogen-bond acceptors (Lipinski definition) is 4. The van der Waals surface area contributed by atoms with E-state index in [0.717, 1.165) is 11.4 Å². The second kappa shape index (κ2) is 25.0. The molecule has 17 aromatic rings. The first-order chi connectivity index (χ1) is 53.5. The van der Waals surface area contributed by atoms with Gasteiger partial charge in [0.1, 0.15) is 0 Å². The quantitative estimate of drug-likeness (QED) is 0.154. The van der Waals surface area contributed by atoms with Crippen molar-refractivity contribution in [1.29, 1.82) is 0 Å². The Morgan fingerprint density at radius 3 is 0.903 bits per heavy atom. The van der Waals surface area contributed by atoms with Crippen LogP contribution in [0.2, 0.25) is 0 Å². The van der Waals surface area contributed by atoms with Gasteiger partial charge in [-0.2, -0.15) is 0 Å². The molecule has 19 rings (SSSR count). The van der Waals surface area contributed by atoms with E-state index >= 15 is 0 Å². The third kappa shape index (κ3) is 11.5. The van der Waals surface area contributed by atoms with Crippen molar-refractivity contribution in [3.8, 4) is 33.6 Å². The Hall–Kier alpha value is -10.4. The fourth-order valence-corrected chi connectivity index (χ4v) is 21.5. The van der Waals surface area contributed by atoms with Crippen LogP contribution in [-0.4, -0.2) is 15.8 Å². The number of nitrogens with zero attached hydrogens (tertiary/aromatic N) is 4. The van der Waals surface area contributed by atoms with Gasteiger partial charge >= 0.3 is 0 Å². The van der Waals surface area contributed by atoms with Crippen LogP contribution in [-0.2, 0) is 37.9 Å². The van der Waals surface area contributed by atoms with Crippen molar-refractivity contribution in [1.82, 2.24) is 9.13 Å². The number of anilines is 6. The van der Waals surface area contributed by atoms with Crippen LogP contribution in [0.1, 0.15) is 184 Å². The number of aromatic nitrogens is 2. The minimum Gasteiger partial charge on any atom is -0.310 e. The van der Waals surface area contributed by atoms with Crippen LogP contribution in [0.5, 0.6) is 0 Å². The summed E-state index contributed by atoms with van der Waals surface area (Å²) in [4.78, 5) is 5.62. The highest BCUT2D eigenvalue weighted by molar-refractivity contribution is 7.26. The molecule has 0 unspecified atom stereocenters. The van der Waals surface area contributed by atoms with Crippen molar-refractivity contribution in [2.75, 3.05) is 9.80 Å². The van der Waals surface area contributed by atoms with E-state index in [9.17, 15) is 0 Å².